The molecule has 0 saturated heterocycles. The van der Waals surface area contributed by atoms with Gasteiger partial charge in [-0.1, -0.05) is 23.7 Å². The zero-order chi connectivity index (χ0) is 13.3. The number of halogens is 3. The molecule has 0 spiro atoms. The highest BCUT2D eigenvalue weighted by Gasteiger charge is 2.13. The van der Waals surface area contributed by atoms with Gasteiger partial charge in [0.15, 0.2) is 0 Å². The van der Waals surface area contributed by atoms with Crippen LogP contribution in [0.25, 0.3) is 0 Å². The molecule has 94 valence electrons. The topological polar surface area (TPSA) is 20.2 Å². The second-order valence-corrected chi connectivity index (χ2v) is 4.55. The van der Waals surface area contributed by atoms with Crippen LogP contribution in [0.4, 0.5) is 8.78 Å². The summed E-state index contributed by atoms with van der Waals surface area (Å²) < 4.78 is 26.3. The molecule has 0 aliphatic carbocycles. The van der Waals surface area contributed by atoms with Crippen molar-refractivity contribution in [2.75, 3.05) is 0 Å². The molecule has 0 saturated carbocycles. The lowest BCUT2D eigenvalue weighted by atomic mass is 10.00. The van der Waals surface area contributed by atoms with Gasteiger partial charge in [-0.15, -0.1) is 0 Å². The van der Waals surface area contributed by atoms with Gasteiger partial charge in [0.1, 0.15) is 17.7 Å². The van der Waals surface area contributed by atoms with Gasteiger partial charge in [-0.3, -0.25) is 0 Å². The summed E-state index contributed by atoms with van der Waals surface area (Å²) in [5, 5.41) is 10.0. The lowest BCUT2D eigenvalue weighted by Crippen LogP contribution is -2.01. The van der Waals surface area contributed by atoms with Crippen LogP contribution in [-0.2, 0) is 0 Å². The molecule has 2 aromatic carbocycles. The summed E-state index contributed by atoms with van der Waals surface area (Å²) in [6, 6.07) is 8.22. The molecule has 0 heterocycles. The van der Waals surface area contributed by atoms with Gasteiger partial charge in [0.05, 0.1) is 5.02 Å². The second kappa shape index (κ2) is 5.04. The van der Waals surface area contributed by atoms with Crippen molar-refractivity contribution in [3.05, 3.63) is 69.7 Å². The van der Waals surface area contributed by atoms with Crippen LogP contribution in [0.15, 0.2) is 36.4 Å². The van der Waals surface area contributed by atoms with Gasteiger partial charge in [-0.05, 0) is 47.9 Å². The summed E-state index contributed by atoms with van der Waals surface area (Å²) in [6.45, 7) is 1.73. The second-order valence-electron chi connectivity index (χ2n) is 4.14. The van der Waals surface area contributed by atoms with E-state index in [-0.39, 0.29) is 5.02 Å². The molecule has 0 fully saturated rings. The van der Waals surface area contributed by atoms with Crippen molar-refractivity contribution in [2.45, 2.75) is 13.0 Å². The van der Waals surface area contributed by atoms with E-state index in [0.29, 0.717) is 16.7 Å². The molecule has 0 radical (unpaired) electrons. The third kappa shape index (κ3) is 2.68. The highest BCUT2D eigenvalue weighted by Crippen LogP contribution is 2.26. The zero-order valence-corrected chi connectivity index (χ0v) is 10.4. The van der Waals surface area contributed by atoms with Crippen LogP contribution in [-0.4, -0.2) is 5.11 Å². The number of hydrogen-bond acceptors (Lipinski definition) is 1. The molecule has 4 heteroatoms. The number of benzene rings is 2. The van der Waals surface area contributed by atoms with Crippen LogP contribution >= 0.6 is 11.6 Å². The Morgan fingerprint density at radius 1 is 1.06 bits per heavy atom. The summed E-state index contributed by atoms with van der Waals surface area (Å²) in [4.78, 5) is 0. The molecule has 0 amide bonds. The molecular formula is C14H11ClF2O. The largest absolute Gasteiger partial charge is 0.384 e. The number of aliphatic hydroxyl groups is 1. The number of aryl methyl sites for hydroxylation is 1. The highest BCUT2D eigenvalue weighted by atomic mass is 35.5. The van der Waals surface area contributed by atoms with Crippen LogP contribution in [0.2, 0.25) is 5.02 Å². The number of rotatable bonds is 2. The van der Waals surface area contributed by atoms with E-state index in [0.717, 1.165) is 0 Å². The smallest absolute Gasteiger partial charge is 0.141 e. The van der Waals surface area contributed by atoms with Crippen LogP contribution in [0, 0.1) is 18.6 Å². The van der Waals surface area contributed by atoms with Crippen molar-refractivity contribution in [3.8, 4) is 0 Å². The fourth-order valence-corrected chi connectivity index (χ4v) is 1.99. The van der Waals surface area contributed by atoms with Gasteiger partial charge in [-0.2, -0.15) is 0 Å². The Balaban J connectivity index is 2.40. The average molecular weight is 269 g/mol. The van der Waals surface area contributed by atoms with Crippen molar-refractivity contribution in [1.29, 1.82) is 0 Å². The lowest BCUT2D eigenvalue weighted by Gasteiger charge is -2.13. The zero-order valence-electron chi connectivity index (χ0n) is 9.62. The van der Waals surface area contributed by atoms with Crippen LogP contribution in [0.5, 0.6) is 0 Å². The maximum absolute atomic E-state index is 13.3. The van der Waals surface area contributed by atoms with Gasteiger partial charge in [0.2, 0.25) is 0 Å². The summed E-state index contributed by atoms with van der Waals surface area (Å²) in [6.07, 6.45) is -1.03. The molecule has 2 rings (SSSR count). The molecule has 1 atom stereocenters. The quantitative estimate of drug-likeness (QED) is 0.873. The van der Waals surface area contributed by atoms with E-state index in [1.54, 1.807) is 13.0 Å². The molecule has 1 unspecified atom stereocenters. The maximum Gasteiger partial charge on any atom is 0.141 e. The summed E-state index contributed by atoms with van der Waals surface area (Å²) >= 11 is 5.65. The van der Waals surface area contributed by atoms with E-state index in [2.05, 4.69) is 0 Å². The summed E-state index contributed by atoms with van der Waals surface area (Å²) in [5.74, 6) is -0.972. The molecule has 0 aromatic heterocycles. The molecule has 2 aromatic rings. The lowest BCUT2D eigenvalue weighted by molar-refractivity contribution is 0.219. The Morgan fingerprint density at radius 2 is 1.78 bits per heavy atom. The standard InChI is InChI=1S/C14H11ClF2O/c1-8-4-10(6-11(16)5-8)14(18)9-2-3-13(17)12(15)7-9/h2-7,14,18H,1H3. The minimum Gasteiger partial charge on any atom is -0.384 e. The van der Waals surface area contributed by atoms with Crippen molar-refractivity contribution >= 4 is 11.6 Å². The molecular weight excluding hydrogens is 258 g/mol. The Labute approximate surface area is 109 Å². The fraction of sp³-hybridized carbons (Fsp3) is 0.143. The van der Waals surface area contributed by atoms with E-state index < -0.39 is 17.7 Å². The van der Waals surface area contributed by atoms with Crippen molar-refractivity contribution < 1.29 is 13.9 Å². The molecule has 1 N–H and O–H groups in total. The third-order valence-corrected chi connectivity index (χ3v) is 2.93. The first kappa shape index (κ1) is 13.0. The first-order valence-corrected chi connectivity index (χ1v) is 5.75. The van der Waals surface area contributed by atoms with Crippen molar-refractivity contribution in [1.82, 2.24) is 0 Å². The minimum atomic E-state index is -1.03. The van der Waals surface area contributed by atoms with Gasteiger partial charge in [0, 0.05) is 0 Å². The van der Waals surface area contributed by atoms with E-state index in [1.807, 2.05) is 0 Å². The van der Waals surface area contributed by atoms with E-state index in [4.69, 9.17) is 11.6 Å². The Kier molecular flexibility index (Phi) is 3.64. The monoisotopic (exact) mass is 268 g/mol. The SMILES string of the molecule is Cc1cc(F)cc(C(O)c2ccc(F)c(Cl)c2)c1. The average Bonchev–Trinajstić information content (AvgIpc) is 2.30. The highest BCUT2D eigenvalue weighted by molar-refractivity contribution is 6.30. The van der Waals surface area contributed by atoms with Gasteiger partial charge in [-0.25, -0.2) is 8.78 Å². The first-order chi connectivity index (χ1) is 8.47. The van der Waals surface area contributed by atoms with Crippen LogP contribution in [0.1, 0.15) is 22.8 Å². The predicted octanol–water partition coefficient (Wildman–Crippen LogP) is 4.01. The summed E-state index contributed by atoms with van der Waals surface area (Å²) in [5.41, 5.74) is 1.54. The van der Waals surface area contributed by atoms with E-state index in [9.17, 15) is 13.9 Å². The van der Waals surface area contributed by atoms with Crippen molar-refractivity contribution in [2.24, 2.45) is 0 Å². The molecule has 1 nitrogen and oxygen atoms in total. The molecule has 18 heavy (non-hydrogen) atoms. The van der Waals surface area contributed by atoms with Gasteiger partial charge < -0.3 is 5.11 Å². The maximum atomic E-state index is 13.3. The van der Waals surface area contributed by atoms with Crippen molar-refractivity contribution in [3.63, 3.8) is 0 Å². The summed E-state index contributed by atoms with van der Waals surface area (Å²) in [7, 11) is 0. The van der Waals surface area contributed by atoms with E-state index in [1.165, 1.54) is 30.3 Å². The Bertz CT molecular complexity index is 564. The predicted molar refractivity (Wildman–Crippen MR) is 66.6 cm³/mol. The van der Waals surface area contributed by atoms with Gasteiger partial charge >= 0.3 is 0 Å². The normalized spacial score (nSPS) is 12.5. The third-order valence-electron chi connectivity index (χ3n) is 2.64. The van der Waals surface area contributed by atoms with Gasteiger partial charge in [0.25, 0.3) is 0 Å². The Hall–Kier alpha value is -1.45. The number of aliphatic hydroxyl groups excluding tert-OH is 1. The molecule has 0 bridgehead atoms. The number of hydrogen-bond donors (Lipinski definition) is 1. The Morgan fingerprint density at radius 3 is 2.39 bits per heavy atom. The first-order valence-electron chi connectivity index (χ1n) is 5.37. The molecule has 0 aliphatic rings. The fourth-order valence-electron chi connectivity index (χ4n) is 1.80. The minimum absolute atomic E-state index is 0.0697. The van der Waals surface area contributed by atoms with Crippen LogP contribution < -0.4 is 0 Å². The van der Waals surface area contributed by atoms with Crippen LogP contribution in [0.3, 0.4) is 0 Å². The molecule has 0 aliphatic heterocycles. The van der Waals surface area contributed by atoms with E-state index >= 15 is 0 Å².